The van der Waals surface area contributed by atoms with Crippen molar-refractivity contribution >= 4 is 15.9 Å². The van der Waals surface area contributed by atoms with Gasteiger partial charge in [-0.05, 0) is 34.1 Å². The van der Waals surface area contributed by atoms with E-state index in [1.807, 2.05) is 4.57 Å². The highest BCUT2D eigenvalue weighted by Crippen LogP contribution is 2.23. The molecule has 0 fully saturated rings. The van der Waals surface area contributed by atoms with Gasteiger partial charge in [-0.2, -0.15) is 0 Å². The molecule has 1 heterocycles. The lowest BCUT2D eigenvalue weighted by molar-refractivity contribution is 0.186. The van der Waals surface area contributed by atoms with Gasteiger partial charge in [-0.3, -0.25) is 0 Å². The summed E-state index contributed by atoms with van der Waals surface area (Å²) in [4.78, 5) is 0. The molecule has 1 aromatic heterocycles. The van der Waals surface area contributed by atoms with E-state index < -0.39 is 0 Å². The number of hydrogen-bond donors (Lipinski definition) is 1. The van der Waals surface area contributed by atoms with Crippen LogP contribution < -0.4 is 5.73 Å². The Labute approximate surface area is 118 Å². The van der Waals surface area contributed by atoms with Gasteiger partial charge in [0.1, 0.15) is 11.6 Å². The maximum atomic E-state index is 13.6. The Balaban J connectivity index is 2.42. The maximum Gasteiger partial charge on any atom is 0.164 e. The summed E-state index contributed by atoms with van der Waals surface area (Å²) in [5, 5.41) is 8.09. The zero-order valence-corrected chi connectivity index (χ0v) is 12.0. The number of ether oxygens (including phenoxy) is 1. The molecule has 0 saturated heterocycles. The third-order valence-corrected chi connectivity index (χ3v) is 3.35. The van der Waals surface area contributed by atoms with Gasteiger partial charge in [-0.25, -0.2) is 4.39 Å². The summed E-state index contributed by atoms with van der Waals surface area (Å²) in [6.45, 7) is 1.36. The SMILES string of the molecule is COCCn1c(CN)nnc1-c1ccc(Br)c(F)c1. The second-order valence-electron chi connectivity index (χ2n) is 3.92. The van der Waals surface area contributed by atoms with Crippen LogP contribution in [0.25, 0.3) is 11.4 Å². The Morgan fingerprint density at radius 2 is 2.21 bits per heavy atom. The van der Waals surface area contributed by atoms with Gasteiger partial charge >= 0.3 is 0 Å². The molecule has 19 heavy (non-hydrogen) atoms. The summed E-state index contributed by atoms with van der Waals surface area (Å²) in [7, 11) is 1.62. The van der Waals surface area contributed by atoms with Crippen LogP contribution in [0.5, 0.6) is 0 Å². The molecule has 0 spiro atoms. The lowest BCUT2D eigenvalue weighted by Gasteiger charge is -2.09. The van der Waals surface area contributed by atoms with Crippen molar-refractivity contribution in [3.63, 3.8) is 0 Å². The predicted molar refractivity (Wildman–Crippen MR) is 72.9 cm³/mol. The van der Waals surface area contributed by atoms with E-state index in [0.717, 1.165) is 0 Å². The van der Waals surface area contributed by atoms with Gasteiger partial charge in [-0.1, -0.05) is 0 Å². The van der Waals surface area contributed by atoms with Gasteiger partial charge in [0.15, 0.2) is 5.82 Å². The van der Waals surface area contributed by atoms with Gasteiger partial charge in [0.25, 0.3) is 0 Å². The molecule has 2 rings (SSSR count). The van der Waals surface area contributed by atoms with E-state index in [1.54, 1.807) is 19.2 Å². The zero-order valence-electron chi connectivity index (χ0n) is 10.4. The number of halogens is 2. The number of nitrogens with zero attached hydrogens (tertiary/aromatic N) is 3. The van der Waals surface area contributed by atoms with Crippen LogP contribution in [0, 0.1) is 5.82 Å². The smallest absolute Gasteiger partial charge is 0.164 e. The van der Waals surface area contributed by atoms with E-state index in [-0.39, 0.29) is 12.4 Å². The van der Waals surface area contributed by atoms with Crippen LogP contribution in [0.3, 0.4) is 0 Å². The first-order valence-electron chi connectivity index (χ1n) is 5.74. The normalized spacial score (nSPS) is 10.9. The Morgan fingerprint density at radius 1 is 1.42 bits per heavy atom. The van der Waals surface area contributed by atoms with E-state index in [2.05, 4.69) is 26.1 Å². The zero-order chi connectivity index (χ0) is 13.8. The molecule has 0 aliphatic rings. The molecule has 5 nitrogen and oxygen atoms in total. The van der Waals surface area contributed by atoms with Crippen molar-refractivity contribution in [3.8, 4) is 11.4 Å². The number of benzene rings is 1. The number of aromatic nitrogens is 3. The maximum absolute atomic E-state index is 13.6. The lowest BCUT2D eigenvalue weighted by atomic mass is 10.2. The predicted octanol–water partition coefficient (Wildman–Crippen LogP) is 1.95. The van der Waals surface area contributed by atoms with E-state index in [9.17, 15) is 4.39 Å². The van der Waals surface area contributed by atoms with Crippen molar-refractivity contribution in [2.45, 2.75) is 13.1 Å². The van der Waals surface area contributed by atoms with Crippen molar-refractivity contribution in [3.05, 3.63) is 34.3 Å². The highest BCUT2D eigenvalue weighted by molar-refractivity contribution is 9.10. The summed E-state index contributed by atoms with van der Waals surface area (Å²) in [5.74, 6) is 0.896. The fourth-order valence-electron chi connectivity index (χ4n) is 1.75. The van der Waals surface area contributed by atoms with Gasteiger partial charge in [-0.15, -0.1) is 10.2 Å². The molecule has 2 aromatic rings. The summed E-state index contributed by atoms with van der Waals surface area (Å²) >= 11 is 3.12. The van der Waals surface area contributed by atoms with E-state index >= 15 is 0 Å². The van der Waals surface area contributed by atoms with Crippen LogP contribution in [-0.4, -0.2) is 28.5 Å². The molecule has 102 valence electrons. The van der Waals surface area contributed by atoms with Gasteiger partial charge < -0.3 is 15.0 Å². The third kappa shape index (κ3) is 2.99. The topological polar surface area (TPSA) is 66.0 Å². The Bertz CT molecular complexity index is 573. The number of nitrogens with two attached hydrogens (primary N) is 1. The fourth-order valence-corrected chi connectivity index (χ4v) is 2.00. The first kappa shape index (κ1) is 14.1. The van der Waals surface area contributed by atoms with E-state index in [1.165, 1.54) is 6.07 Å². The highest BCUT2D eigenvalue weighted by Gasteiger charge is 2.13. The van der Waals surface area contributed by atoms with Crippen LogP contribution in [-0.2, 0) is 17.8 Å². The average molecular weight is 329 g/mol. The summed E-state index contributed by atoms with van der Waals surface area (Å²) in [6, 6.07) is 4.83. The molecular formula is C12H14BrFN4O. The molecule has 0 aliphatic carbocycles. The van der Waals surface area contributed by atoms with Crippen LogP contribution in [0.1, 0.15) is 5.82 Å². The molecule has 0 unspecified atom stereocenters. The molecule has 0 bridgehead atoms. The molecule has 0 atom stereocenters. The second kappa shape index (κ2) is 6.23. The monoisotopic (exact) mass is 328 g/mol. The van der Waals surface area contributed by atoms with Gasteiger partial charge in [0.2, 0.25) is 0 Å². The quantitative estimate of drug-likeness (QED) is 0.911. The first-order chi connectivity index (χ1) is 9.17. The third-order valence-electron chi connectivity index (χ3n) is 2.71. The molecule has 2 N–H and O–H groups in total. The fraction of sp³-hybridized carbons (Fsp3) is 0.333. The van der Waals surface area contributed by atoms with Gasteiger partial charge in [0.05, 0.1) is 17.6 Å². The Hall–Kier alpha value is -1.31. The molecule has 0 saturated carbocycles. The molecule has 1 aromatic carbocycles. The van der Waals surface area contributed by atoms with Crippen LogP contribution in [0.15, 0.2) is 22.7 Å². The summed E-state index contributed by atoms with van der Waals surface area (Å²) < 4.78 is 20.9. The number of hydrogen-bond acceptors (Lipinski definition) is 4. The van der Waals surface area contributed by atoms with Crippen LogP contribution in [0.2, 0.25) is 0 Å². The number of methoxy groups -OCH3 is 1. The molecule has 7 heteroatoms. The molecule has 0 aliphatic heterocycles. The van der Waals surface area contributed by atoms with Crippen molar-refractivity contribution in [2.24, 2.45) is 5.73 Å². The average Bonchev–Trinajstić information content (AvgIpc) is 2.82. The largest absolute Gasteiger partial charge is 0.383 e. The van der Waals surface area contributed by atoms with Crippen molar-refractivity contribution < 1.29 is 9.13 Å². The minimum atomic E-state index is -0.340. The summed E-state index contributed by atoms with van der Waals surface area (Å²) in [5.41, 5.74) is 6.28. The number of rotatable bonds is 5. The van der Waals surface area contributed by atoms with E-state index in [0.29, 0.717) is 34.8 Å². The molecular weight excluding hydrogens is 315 g/mol. The lowest BCUT2D eigenvalue weighted by Crippen LogP contribution is -2.12. The molecule has 0 radical (unpaired) electrons. The van der Waals surface area contributed by atoms with Gasteiger partial charge in [0, 0.05) is 19.2 Å². The van der Waals surface area contributed by atoms with Crippen LogP contribution in [0.4, 0.5) is 4.39 Å². The second-order valence-corrected chi connectivity index (χ2v) is 4.77. The first-order valence-corrected chi connectivity index (χ1v) is 6.53. The van der Waals surface area contributed by atoms with Crippen LogP contribution >= 0.6 is 15.9 Å². The van der Waals surface area contributed by atoms with Crippen molar-refractivity contribution in [1.29, 1.82) is 0 Å². The summed E-state index contributed by atoms with van der Waals surface area (Å²) in [6.07, 6.45) is 0. The molecule has 0 amide bonds. The Morgan fingerprint density at radius 3 is 2.84 bits per heavy atom. The minimum absolute atomic E-state index is 0.274. The minimum Gasteiger partial charge on any atom is -0.383 e. The van der Waals surface area contributed by atoms with Crippen molar-refractivity contribution in [1.82, 2.24) is 14.8 Å². The highest BCUT2D eigenvalue weighted by atomic mass is 79.9. The van der Waals surface area contributed by atoms with Crippen molar-refractivity contribution in [2.75, 3.05) is 13.7 Å². The standard InChI is InChI=1S/C12H14BrFN4O/c1-19-5-4-18-11(7-15)16-17-12(18)8-2-3-9(13)10(14)6-8/h2-3,6H,4-5,7,15H2,1H3. The van der Waals surface area contributed by atoms with E-state index in [4.69, 9.17) is 10.5 Å². The Kier molecular flexibility index (Phi) is 4.62.